The lowest BCUT2D eigenvalue weighted by atomic mass is 10.1. The van der Waals surface area contributed by atoms with Gasteiger partial charge in [-0.1, -0.05) is 22.0 Å². The molecule has 5 rings (SSSR count). The number of nitriles is 1. The Morgan fingerprint density at radius 2 is 1.53 bits per heavy atom. The summed E-state index contributed by atoms with van der Waals surface area (Å²) in [5, 5.41) is 19.8. The normalized spacial score (nSPS) is 11.0. The van der Waals surface area contributed by atoms with Crippen LogP contribution in [0.25, 0.3) is 33.7 Å². The standard InChI is InChI=1S/C24H13BrN4O3/c25-16-3-5-18(6-4-16)29-23(31)20-12-15-2-1-14(13-26)11-21(15)28(22(20)27-24(29)32)17-7-9-19(30)10-8-17/h1-12,30H. The maximum atomic E-state index is 13.4. The fraction of sp³-hybridized carbons (Fsp3) is 0. The molecule has 0 radical (unpaired) electrons. The van der Waals surface area contributed by atoms with Crippen molar-refractivity contribution >= 4 is 26.8 Å². The minimum atomic E-state index is -0.715. The fourth-order valence-corrected chi connectivity index (χ4v) is 3.94. The molecule has 8 heteroatoms. The Kier molecular flexibility index (Phi) is 4.61. The lowest BCUT2D eigenvalue weighted by Gasteiger charge is -2.19. The third-order valence-corrected chi connectivity index (χ3v) is 5.70. The molecule has 0 fully saturated rings. The first-order valence-corrected chi connectivity index (χ1v) is 10.3. The lowest BCUT2D eigenvalue weighted by molar-refractivity contribution is 0.475. The highest BCUT2D eigenvalue weighted by atomic mass is 79.9. The average molecular weight is 485 g/mol. The summed E-state index contributed by atoms with van der Waals surface area (Å²) in [4.78, 5) is 30.7. The molecule has 1 N–H and O–H groups in total. The summed E-state index contributed by atoms with van der Waals surface area (Å²) in [6.45, 7) is 0. The molecular weight excluding hydrogens is 472 g/mol. The van der Waals surface area contributed by atoms with Crippen molar-refractivity contribution in [1.29, 1.82) is 5.26 Å². The van der Waals surface area contributed by atoms with Gasteiger partial charge in [-0.2, -0.15) is 10.2 Å². The van der Waals surface area contributed by atoms with Crippen LogP contribution in [0.3, 0.4) is 0 Å². The molecule has 2 aliphatic rings. The van der Waals surface area contributed by atoms with Crippen molar-refractivity contribution in [2.45, 2.75) is 0 Å². The molecule has 154 valence electrons. The zero-order valence-corrected chi connectivity index (χ0v) is 17.9. The van der Waals surface area contributed by atoms with Gasteiger partial charge in [-0.05, 0) is 72.1 Å². The van der Waals surface area contributed by atoms with E-state index in [9.17, 15) is 20.0 Å². The largest absolute Gasteiger partial charge is 0.508 e. The van der Waals surface area contributed by atoms with Gasteiger partial charge < -0.3 is 5.11 Å². The van der Waals surface area contributed by atoms with Crippen LogP contribution < -0.4 is 11.2 Å². The number of hydrogen-bond donors (Lipinski definition) is 1. The number of phenolic OH excluding ortho intramolecular Hbond substituents is 1. The minimum Gasteiger partial charge on any atom is -0.508 e. The topological polar surface area (TPSA) is 101 Å². The molecule has 0 unspecified atom stereocenters. The van der Waals surface area contributed by atoms with E-state index in [2.05, 4.69) is 27.0 Å². The SMILES string of the molecule is N#Cc1ccc2cc3c(=O)n(-c4ccc(Br)cc4)c(=O)nc-3n(-c3ccc(O)cc3)c2c1. The third kappa shape index (κ3) is 3.16. The zero-order valence-electron chi connectivity index (χ0n) is 16.4. The number of pyridine rings is 1. The van der Waals surface area contributed by atoms with E-state index >= 15 is 0 Å². The van der Waals surface area contributed by atoms with Gasteiger partial charge in [0, 0.05) is 10.2 Å². The van der Waals surface area contributed by atoms with E-state index < -0.39 is 11.2 Å². The Morgan fingerprint density at radius 1 is 0.875 bits per heavy atom. The molecule has 0 aliphatic carbocycles. The molecular formula is C24H13BrN4O3. The van der Waals surface area contributed by atoms with E-state index in [4.69, 9.17) is 0 Å². The first-order valence-electron chi connectivity index (χ1n) is 9.54. The van der Waals surface area contributed by atoms with Crippen LogP contribution >= 0.6 is 15.9 Å². The monoisotopic (exact) mass is 484 g/mol. The summed E-state index contributed by atoms with van der Waals surface area (Å²) in [6, 6.07) is 22.0. The lowest BCUT2D eigenvalue weighted by Crippen LogP contribution is -2.36. The Balaban J connectivity index is 1.93. The molecule has 0 aromatic heterocycles. The summed E-state index contributed by atoms with van der Waals surface area (Å²) in [6.07, 6.45) is 0. The maximum Gasteiger partial charge on any atom is 0.357 e. The van der Waals surface area contributed by atoms with Gasteiger partial charge in [-0.3, -0.25) is 9.36 Å². The molecule has 0 amide bonds. The van der Waals surface area contributed by atoms with Crippen molar-refractivity contribution < 1.29 is 5.11 Å². The van der Waals surface area contributed by atoms with E-state index in [1.54, 1.807) is 65.2 Å². The predicted octanol–water partition coefficient (Wildman–Crippen LogP) is 3.98. The smallest absolute Gasteiger partial charge is 0.357 e. The van der Waals surface area contributed by atoms with Crippen LogP contribution in [0.2, 0.25) is 0 Å². The highest BCUT2D eigenvalue weighted by Crippen LogP contribution is 2.29. The zero-order chi connectivity index (χ0) is 22.4. The van der Waals surface area contributed by atoms with Gasteiger partial charge in [0.2, 0.25) is 0 Å². The van der Waals surface area contributed by atoms with Gasteiger partial charge in [0.25, 0.3) is 5.56 Å². The van der Waals surface area contributed by atoms with Crippen molar-refractivity contribution in [3.63, 3.8) is 0 Å². The van der Waals surface area contributed by atoms with Crippen LogP contribution in [0, 0.1) is 11.3 Å². The van der Waals surface area contributed by atoms with Gasteiger partial charge in [0.05, 0.1) is 28.4 Å². The van der Waals surface area contributed by atoms with Crippen molar-refractivity contribution in [1.82, 2.24) is 14.1 Å². The summed E-state index contributed by atoms with van der Waals surface area (Å²) in [5.74, 6) is 0.244. The number of aromatic hydroxyl groups is 1. The Hall–Kier alpha value is -4.22. The molecule has 2 aliphatic heterocycles. The number of halogens is 1. The van der Waals surface area contributed by atoms with Gasteiger partial charge in [0.15, 0.2) is 5.82 Å². The number of aromatic nitrogens is 3. The van der Waals surface area contributed by atoms with Crippen LogP contribution in [0.5, 0.6) is 5.75 Å². The Bertz CT molecular complexity index is 1630. The van der Waals surface area contributed by atoms with E-state index in [0.29, 0.717) is 27.8 Å². The molecule has 7 nitrogen and oxygen atoms in total. The number of rotatable bonds is 2. The maximum absolute atomic E-state index is 13.4. The van der Waals surface area contributed by atoms with Crippen molar-refractivity contribution in [2.24, 2.45) is 0 Å². The molecule has 3 aromatic carbocycles. The van der Waals surface area contributed by atoms with Gasteiger partial charge in [-0.15, -0.1) is 0 Å². The molecule has 2 heterocycles. The number of nitrogens with zero attached hydrogens (tertiary/aromatic N) is 4. The number of fused-ring (bicyclic) bond motifs is 2. The molecule has 3 aromatic rings. The second-order valence-electron chi connectivity index (χ2n) is 7.13. The quantitative estimate of drug-likeness (QED) is 0.382. The highest BCUT2D eigenvalue weighted by molar-refractivity contribution is 9.10. The Morgan fingerprint density at radius 3 is 2.22 bits per heavy atom. The van der Waals surface area contributed by atoms with Gasteiger partial charge in [0.1, 0.15) is 5.75 Å². The van der Waals surface area contributed by atoms with Gasteiger partial charge >= 0.3 is 5.69 Å². The molecule has 0 spiro atoms. The van der Waals surface area contributed by atoms with E-state index in [0.717, 1.165) is 9.04 Å². The van der Waals surface area contributed by atoms with Gasteiger partial charge in [-0.25, -0.2) is 9.36 Å². The van der Waals surface area contributed by atoms with Crippen molar-refractivity contribution in [3.05, 3.63) is 104 Å². The fourth-order valence-electron chi connectivity index (χ4n) is 3.68. The molecule has 32 heavy (non-hydrogen) atoms. The summed E-state index contributed by atoms with van der Waals surface area (Å²) >= 11 is 3.35. The van der Waals surface area contributed by atoms with Crippen LogP contribution in [0.1, 0.15) is 5.56 Å². The van der Waals surface area contributed by atoms with E-state index in [1.165, 1.54) is 12.1 Å². The van der Waals surface area contributed by atoms with Crippen LogP contribution in [0.15, 0.2) is 86.9 Å². The molecule has 0 atom stereocenters. The highest BCUT2D eigenvalue weighted by Gasteiger charge is 2.21. The molecule has 0 saturated carbocycles. The number of hydrogen-bond acceptors (Lipinski definition) is 5. The first kappa shape index (κ1) is 19.7. The van der Waals surface area contributed by atoms with Crippen molar-refractivity contribution in [3.8, 4) is 34.6 Å². The summed E-state index contributed by atoms with van der Waals surface area (Å²) in [7, 11) is 0. The van der Waals surface area contributed by atoms with E-state index in [1.807, 2.05) is 0 Å². The van der Waals surface area contributed by atoms with Crippen LogP contribution in [0.4, 0.5) is 0 Å². The average Bonchev–Trinajstić information content (AvgIpc) is 2.79. The summed E-state index contributed by atoms with van der Waals surface area (Å²) < 4.78 is 3.51. The molecule has 0 saturated heterocycles. The minimum absolute atomic E-state index is 0.0756. The Labute approximate surface area is 189 Å². The predicted molar refractivity (Wildman–Crippen MR) is 124 cm³/mol. The third-order valence-electron chi connectivity index (χ3n) is 5.17. The second-order valence-corrected chi connectivity index (χ2v) is 8.05. The van der Waals surface area contributed by atoms with Crippen molar-refractivity contribution in [2.75, 3.05) is 0 Å². The number of benzene rings is 3. The first-order chi connectivity index (χ1) is 15.5. The van der Waals surface area contributed by atoms with Crippen LogP contribution in [-0.4, -0.2) is 19.2 Å². The van der Waals surface area contributed by atoms with E-state index in [-0.39, 0.29) is 17.1 Å². The molecule has 0 bridgehead atoms. The summed E-state index contributed by atoms with van der Waals surface area (Å²) in [5.41, 5.74) is 1.06. The van der Waals surface area contributed by atoms with Crippen LogP contribution in [-0.2, 0) is 0 Å². The number of phenols is 1. The second kappa shape index (κ2) is 7.48.